The van der Waals surface area contributed by atoms with Crippen molar-refractivity contribution in [2.45, 2.75) is 82.3 Å². The molecule has 0 unspecified atom stereocenters. The lowest BCUT2D eigenvalue weighted by molar-refractivity contribution is -0.0668. The standard InChI is InChI=1S/C22H34O2/c1-15(16-7-4-3-5-8-16)18-13-20-19(10-12-21(20,2)23)22(24)11-6-9-17(18)14-22/h6,9,16-20,23-24H,1,3-5,7-8,10-14H2,2H3/t17-,18+,19+,20+,21+,22-/m1/s1. The number of hydrogen-bond donors (Lipinski definition) is 2. The van der Waals surface area contributed by atoms with Gasteiger partial charge in [-0.05, 0) is 81.5 Å². The van der Waals surface area contributed by atoms with Crippen LogP contribution in [0.3, 0.4) is 0 Å². The van der Waals surface area contributed by atoms with Crippen LogP contribution in [-0.2, 0) is 0 Å². The fraction of sp³-hybridized carbons (Fsp3) is 0.818. The third-order valence-corrected chi connectivity index (χ3v) is 8.01. The Bertz CT molecular complexity index is 528. The van der Waals surface area contributed by atoms with Crippen molar-refractivity contribution in [3.05, 3.63) is 24.3 Å². The van der Waals surface area contributed by atoms with Crippen molar-refractivity contribution in [1.29, 1.82) is 0 Å². The molecular formula is C22H34O2. The number of aliphatic hydroxyl groups is 2. The van der Waals surface area contributed by atoms with Crippen molar-refractivity contribution >= 4 is 0 Å². The van der Waals surface area contributed by atoms with Gasteiger partial charge in [0.2, 0.25) is 0 Å². The van der Waals surface area contributed by atoms with Gasteiger partial charge < -0.3 is 10.2 Å². The molecule has 0 radical (unpaired) electrons. The lowest BCUT2D eigenvalue weighted by Gasteiger charge is -2.39. The molecule has 3 saturated carbocycles. The lowest BCUT2D eigenvalue weighted by atomic mass is 9.70. The summed E-state index contributed by atoms with van der Waals surface area (Å²) in [4.78, 5) is 0. The molecule has 3 fully saturated rings. The van der Waals surface area contributed by atoms with Crippen LogP contribution >= 0.6 is 0 Å². The van der Waals surface area contributed by atoms with E-state index < -0.39 is 11.2 Å². The fourth-order valence-electron chi connectivity index (χ4n) is 6.57. The second kappa shape index (κ2) is 5.99. The minimum Gasteiger partial charge on any atom is -0.390 e. The van der Waals surface area contributed by atoms with Crippen LogP contribution in [0.1, 0.15) is 71.1 Å². The van der Waals surface area contributed by atoms with Crippen molar-refractivity contribution in [3.63, 3.8) is 0 Å². The molecular weight excluding hydrogens is 296 g/mol. The molecule has 0 amide bonds. The van der Waals surface area contributed by atoms with Gasteiger partial charge in [-0.1, -0.05) is 43.6 Å². The lowest BCUT2D eigenvalue weighted by Crippen LogP contribution is -2.43. The highest BCUT2D eigenvalue weighted by atomic mass is 16.3. The van der Waals surface area contributed by atoms with E-state index in [1.54, 1.807) is 0 Å². The average Bonchev–Trinajstić information content (AvgIpc) is 2.83. The molecule has 0 aromatic heterocycles. The average molecular weight is 331 g/mol. The van der Waals surface area contributed by atoms with Gasteiger partial charge in [0, 0.05) is 0 Å². The normalized spacial score (nSPS) is 48.8. The van der Waals surface area contributed by atoms with Gasteiger partial charge in [0.05, 0.1) is 11.2 Å². The number of hydrogen-bond acceptors (Lipinski definition) is 2. The van der Waals surface area contributed by atoms with Gasteiger partial charge in [-0.15, -0.1) is 0 Å². The fourth-order valence-corrected chi connectivity index (χ4v) is 6.57. The van der Waals surface area contributed by atoms with E-state index in [9.17, 15) is 10.2 Å². The second-order valence-electron chi connectivity index (χ2n) is 9.46. The summed E-state index contributed by atoms with van der Waals surface area (Å²) in [5.41, 5.74) is 0.201. The van der Waals surface area contributed by atoms with E-state index in [-0.39, 0.29) is 11.8 Å². The molecule has 2 heteroatoms. The smallest absolute Gasteiger partial charge is 0.0719 e. The maximum atomic E-state index is 11.4. The SMILES string of the molecule is C=C(C1CCCCC1)[C@@H]1C[C@H]2[C@H](CC[C@]2(C)O)[C@@]2(O)CC=C[C@@H]1C2. The third kappa shape index (κ3) is 2.70. The van der Waals surface area contributed by atoms with E-state index in [4.69, 9.17) is 0 Å². The van der Waals surface area contributed by atoms with E-state index in [2.05, 4.69) is 18.7 Å². The summed E-state index contributed by atoms with van der Waals surface area (Å²) in [7, 11) is 0. The summed E-state index contributed by atoms with van der Waals surface area (Å²) in [5, 5.41) is 22.4. The van der Waals surface area contributed by atoms with Crippen LogP contribution in [0.2, 0.25) is 0 Å². The van der Waals surface area contributed by atoms with E-state index in [1.165, 1.54) is 37.7 Å². The highest BCUT2D eigenvalue weighted by Gasteiger charge is 2.56. The minimum atomic E-state index is -0.622. The van der Waals surface area contributed by atoms with Crippen molar-refractivity contribution < 1.29 is 10.2 Å². The first-order valence-electron chi connectivity index (χ1n) is 10.2. The molecule has 134 valence electrons. The predicted octanol–water partition coefficient (Wildman–Crippen LogP) is 4.62. The summed E-state index contributed by atoms with van der Waals surface area (Å²) in [6, 6.07) is 0. The first-order valence-corrected chi connectivity index (χ1v) is 10.2. The van der Waals surface area contributed by atoms with Crippen LogP contribution in [0.15, 0.2) is 24.3 Å². The maximum Gasteiger partial charge on any atom is 0.0719 e. The van der Waals surface area contributed by atoms with Gasteiger partial charge in [-0.25, -0.2) is 0 Å². The monoisotopic (exact) mass is 330 g/mol. The molecule has 4 aliphatic carbocycles. The van der Waals surface area contributed by atoms with Crippen molar-refractivity contribution in [1.82, 2.24) is 0 Å². The molecule has 2 nitrogen and oxygen atoms in total. The first kappa shape index (κ1) is 16.8. The van der Waals surface area contributed by atoms with Gasteiger partial charge in [-0.3, -0.25) is 0 Å². The second-order valence-corrected chi connectivity index (χ2v) is 9.46. The summed E-state index contributed by atoms with van der Waals surface area (Å²) in [5.74, 6) is 1.99. The van der Waals surface area contributed by atoms with Crippen LogP contribution in [0, 0.1) is 29.6 Å². The largest absolute Gasteiger partial charge is 0.390 e. The highest BCUT2D eigenvalue weighted by Crippen LogP contribution is 2.57. The van der Waals surface area contributed by atoms with Gasteiger partial charge in [0.15, 0.2) is 0 Å². The summed E-state index contributed by atoms with van der Waals surface area (Å²) in [6.07, 6.45) is 15.7. The summed E-state index contributed by atoms with van der Waals surface area (Å²) >= 11 is 0. The Labute approximate surface area is 147 Å². The number of fused-ring (bicyclic) bond motifs is 4. The Morgan fingerprint density at radius 3 is 2.58 bits per heavy atom. The molecule has 4 rings (SSSR count). The zero-order chi connectivity index (χ0) is 16.9. The summed E-state index contributed by atoms with van der Waals surface area (Å²) in [6.45, 7) is 6.58. The molecule has 0 aromatic carbocycles. The van der Waals surface area contributed by atoms with Crippen LogP contribution in [0.5, 0.6) is 0 Å². The maximum absolute atomic E-state index is 11.4. The van der Waals surface area contributed by atoms with E-state index >= 15 is 0 Å². The van der Waals surface area contributed by atoms with Crippen molar-refractivity contribution in [2.24, 2.45) is 29.6 Å². The molecule has 2 N–H and O–H groups in total. The Morgan fingerprint density at radius 2 is 1.83 bits per heavy atom. The van der Waals surface area contributed by atoms with Crippen molar-refractivity contribution in [2.75, 3.05) is 0 Å². The Balaban J connectivity index is 1.65. The van der Waals surface area contributed by atoms with E-state index in [0.717, 1.165) is 32.1 Å². The molecule has 0 saturated heterocycles. The minimum absolute atomic E-state index is 0.220. The van der Waals surface area contributed by atoms with Crippen LogP contribution in [-0.4, -0.2) is 21.4 Å². The molecule has 6 atom stereocenters. The molecule has 0 spiro atoms. The molecule has 2 bridgehead atoms. The Kier molecular flexibility index (Phi) is 4.20. The molecule has 24 heavy (non-hydrogen) atoms. The topological polar surface area (TPSA) is 40.5 Å². The van der Waals surface area contributed by atoms with Gasteiger partial charge in [0.1, 0.15) is 0 Å². The zero-order valence-corrected chi connectivity index (χ0v) is 15.2. The van der Waals surface area contributed by atoms with E-state index in [1.807, 2.05) is 6.92 Å². The molecule has 0 aliphatic heterocycles. The molecule has 4 aliphatic rings. The van der Waals surface area contributed by atoms with Crippen LogP contribution in [0.25, 0.3) is 0 Å². The number of rotatable bonds is 2. The van der Waals surface area contributed by atoms with Crippen LogP contribution in [0.4, 0.5) is 0 Å². The predicted molar refractivity (Wildman–Crippen MR) is 97.5 cm³/mol. The highest BCUT2D eigenvalue weighted by molar-refractivity contribution is 5.20. The summed E-state index contributed by atoms with van der Waals surface area (Å²) < 4.78 is 0. The quantitative estimate of drug-likeness (QED) is 0.725. The molecule has 0 aromatic rings. The number of allylic oxidation sites excluding steroid dienone is 2. The van der Waals surface area contributed by atoms with Gasteiger partial charge in [0.25, 0.3) is 0 Å². The van der Waals surface area contributed by atoms with Crippen LogP contribution < -0.4 is 0 Å². The van der Waals surface area contributed by atoms with Gasteiger partial charge >= 0.3 is 0 Å². The van der Waals surface area contributed by atoms with Crippen molar-refractivity contribution in [3.8, 4) is 0 Å². The Morgan fingerprint density at radius 1 is 1.08 bits per heavy atom. The zero-order valence-electron chi connectivity index (χ0n) is 15.2. The Hall–Kier alpha value is -0.600. The van der Waals surface area contributed by atoms with Gasteiger partial charge in [-0.2, -0.15) is 0 Å². The molecule has 0 heterocycles. The van der Waals surface area contributed by atoms with E-state index in [0.29, 0.717) is 17.8 Å². The third-order valence-electron chi connectivity index (χ3n) is 8.01. The first-order chi connectivity index (χ1) is 11.4.